The molecule has 0 aliphatic heterocycles. The van der Waals surface area contributed by atoms with Crippen LogP contribution in [0, 0.1) is 5.82 Å². The molecule has 178 valence electrons. The van der Waals surface area contributed by atoms with E-state index in [9.17, 15) is 9.59 Å². The average Bonchev–Trinajstić information content (AvgIpc) is 3.40. The van der Waals surface area contributed by atoms with Crippen LogP contribution in [0.5, 0.6) is 5.75 Å². The molecule has 1 unspecified atom stereocenters. The maximum atomic E-state index is 15.1. The zero-order valence-corrected chi connectivity index (χ0v) is 20.0. The van der Waals surface area contributed by atoms with Crippen LogP contribution in [0.1, 0.15) is 58.9 Å². The van der Waals surface area contributed by atoms with Crippen molar-refractivity contribution in [1.29, 1.82) is 0 Å². The van der Waals surface area contributed by atoms with Crippen molar-refractivity contribution in [3.63, 3.8) is 0 Å². The highest BCUT2D eigenvalue weighted by molar-refractivity contribution is 7.12. The molecule has 0 bridgehead atoms. The topological polar surface area (TPSA) is 58.6 Å². The second-order valence-corrected chi connectivity index (χ2v) is 9.47. The van der Waals surface area contributed by atoms with Gasteiger partial charge in [0.25, 0.3) is 5.91 Å². The van der Waals surface area contributed by atoms with Crippen LogP contribution in [0.25, 0.3) is 0 Å². The summed E-state index contributed by atoms with van der Waals surface area (Å²) in [6.07, 6.45) is 5.06. The Morgan fingerprint density at radius 1 is 1.06 bits per heavy atom. The molecule has 2 amide bonds. The van der Waals surface area contributed by atoms with Gasteiger partial charge in [-0.1, -0.05) is 55.7 Å². The summed E-state index contributed by atoms with van der Waals surface area (Å²) in [7, 11) is 1.59. The molecule has 1 saturated carbocycles. The van der Waals surface area contributed by atoms with Gasteiger partial charge in [0, 0.05) is 18.2 Å². The highest BCUT2D eigenvalue weighted by Gasteiger charge is 2.35. The summed E-state index contributed by atoms with van der Waals surface area (Å²) < 4.78 is 20.3. The van der Waals surface area contributed by atoms with E-state index in [1.165, 1.54) is 22.3 Å². The summed E-state index contributed by atoms with van der Waals surface area (Å²) in [5, 5.41) is 4.93. The number of methoxy groups -OCH3 is 1. The molecule has 1 atom stereocenters. The van der Waals surface area contributed by atoms with Gasteiger partial charge < -0.3 is 15.0 Å². The first kappa shape index (κ1) is 24.0. The molecule has 1 fully saturated rings. The number of hydrogen-bond donors (Lipinski definition) is 1. The van der Waals surface area contributed by atoms with E-state index in [0.717, 1.165) is 37.7 Å². The first-order chi connectivity index (χ1) is 16.6. The molecule has 1 aliphatic carbocycles. The van der Waals surface area contributed by atoms with Crippen molar-refractivity contribution in [3.05, 3.63) is 87.9 Å². The number of carbonyl (C=O) groups is 2. The van der Waals surface area contributed by atoms with Crippen LogP contribution >= 0.6 is 11.3 Å². The minimum atomic E-state index is -1.10. The molecule has 0 spiro atoms. The van der Waals surface area contributed by atoms with Crippen LogP contribution < -0.4 is 10.1 Å². The van der Waals surface area contributed by atoms with Crippen molar-refractivity contribution in [2.75, 3.05) is 7.11 Å². The van der Waals surface area contributed by atoms with Crippen LogP contribution in [-0.4, -0.2) is 29.9 Å². The standard InChI is InChI=1S/C27H29FN2O3S/c1-33-21-15-13-19(14-16-21)18-30(27(32)24-12-7-17-34-24)25(22-10-5-6-11-23(22)28)26(31)29-20-8-3-2-4-9-20/h5-7,10-17,20,25H,2-4,8-9,18H2,1H3,(H,29,31). The first-order valence-corrected chi connectivity index (χ1v) is 12.5. The van der Waals surface area contributed by atoms with E-state index in [1.54, 1.807) is 37.4 Å². The molecule has 34 heavy (non-hydrogen) atoms. The number of amides is 2. The quantitative estimate of drug-likeness (QED) is 0.448. The molecule has 1 aliphatic rings. The van der Waals surface area contributed by atoms with E-state index in [-0.39, 0.29) is 30.0 Å². The van der Waals surface area contributed by atoms with Crippen molar-refractivity contribution in [2.45, 2.75) is 50.7 Å². The molecule has 1 aromatic heterocycles. The summed E-state index contributed by atoms with van der Waals surface area (Å²) >= 11 is 1.30. The van der Waals surface area contributed by atoms with Gasteiger partial charge in [0.1, 0.15) is 17.6 Å². The van der Waals surface area contributed by atoms with E-state index >= 15 is 4.39 Å². The van der Waals surface area contributed by atoms with Crippen LogP contribution in [0.2, 0.25) is 0 Å². The Labute approximate surface area is 203 Å². The Morgan fingerprint density at radius 2 is 1.79 bits per heavy atom. The maximum absolute atomic E-state index is 15.1. The fourth-order valence-corrected chi connectivity index (χ4v) is 5.10. The van der Waals surface area contributed by atoms with E-state index in [1.807, 2.05) is 29.6 Å². The number of ether oxygens (including phenoxy) is 1. The summed E-state index contributed by atoms with van der Waals surface area (Å²) in [4.78, 5) is 29.3. The van der Waals surface area contributed by atoms with Crippen molar-refractivity contribution in [2.24, 2.45) is 0 Å². The molecular weight excluding hydrogens is 451 g/mol. The Bertz CT molecular complexity index is 1100. The third-order valence-electron chi connectivity index (χ3n) is 6.22. The summed E-state index contributed by atoms with van der Waals surface area (Å²) in [6.45, 7) is 0.151. The van der Waals surface area contributed by atoms with E-state index in [2.05, 4.69) is 5.32 Å². The van der Waals surface area contributed by atoms with E-state index in [0.29, 0.717) is 10.6 Å². The van der Waals surface area contributed by atoms with Gasteiger partial charge in [-0.05, 0) is 48.1 Å². The predicted octanol–water partition coefficient (Wildman–Crippen LogP) is 5.73. The number of thiophene rings is 1. The largest absolute Gasteiger partial charge is 0.497 e. The second-order valence-electron chi connectivity index (χ2n) is 8.53. The summed E-state index contributed by atoms with van der Waals surface area (Å²) in [5.41, 5.74) is 1.01. The third kappa shape index (κ3) is 5.65. The van der Waals surface area contributed by atoms with Gasteiger partial charge in [-0.15, -0.1) is 11.3 Å². The number of benzene rings is 2. The lowest BCUT2D eigenvalue weighted by atomic mass is 9.94. The molecule has 0 radical (unpaired) electrons. The monoisotopic (exact) mass is 480 g/mol. The van der Waals surface area contributed by atoms with Crippen molar-refractivity contribution >= 4 is 23.2 Å². The van der Waals surface area contributed by atoms with Gasteiger partial charge in [0.2, 0.25) is 5.91 Å². The lowest BCUT2D eigenvalue weighted by molar-refractivity contribution is -0.127. The molecular formula is C27H29FN2O3S. The van der Waals surface area contributed by atoms with Gasteiger partial charge in [-0.3, -0.25) is 9.59 Å². The van der Waals surface area contributed by atoms with Crippen LogP contribution in [0.15, 0.2) is 66.0 Å². The predicted molar refractivity (Wildman–Crippen MR) is 131 cm³/mol. The number of halogens is 1. The molecule has 7 heteroatoms. The SMILES string of the molecule is COc1ccc(CN(C(=O)c2cccs2)C(C(=O)NC2CCCCC2)c2ccccc2F)cc1. The van der Waals surface area contributed by atoms with Crippen LogP contribution in [-0.2, 0) is 11.3 Å². The third-order valence-corrected chi connectivity index (χ3v) is 7.07. The Morgan fingerprint density at radius 3 is 2.44 bits per heavy atom. The molecule has 4 rings (SSSR count). The van der Waals surface area contributed by atoms with Crippen molar-refractivity contribution < 1.29 is 18.7 Å². The van der Waals surface area contributed by atoms with Crippen LogP contribution in [0.4, 0.5) is 4.39 Å². The fraction of sp³-hybridized carbons (Fsp3) is 0.333. The second kappa shape index (κ2) is 11.3. The van der Waals surface area contributed by atoms with E-state index < -0.39 is 11.9 Å². The number of nitrogens with zero attached hydrogens (tertiary/aromatic N) is 1. The molecule has 2 aromatic carbocycles. The lowest BCUT2D eigenvalue weighted by Crippen LogP contribution is -2.47. The first-order valence-electron chi connectivity index (χ1n) is 11.6. The van der Waals surface area contributed by atoms with Crippen LogP contribution in [0.3, 0.4) is 0 Å². The zero-order chi connectivity index (χ0) is 23.9. The van der Waals surface area contributed by atoms with Crippen molar-refractivity contribution in [3.8, 4) is 5.75 Å². The lowest BCUT2D eigenvalue weighted by Gasteiger charge is -2.33. The normalized spacial score (nSPS) is 14.9. The summed E-state index contributed by atoms with van der Waals surface area (Å²) in [5.74, 6) is -0.473. The number of hydrogen-bond acceptors (Lipinski definition) is 4. The zero-order valence-electron chi connectivity index (χ0n) is 19.2. The molecule has 0 saturated heterocycles. The molecule has 1 N–H and O–H groups in total. The Hall–Kier alpha value is -3.19. The Kier molecular flexibility index (Phi) is 7.95. The molecule has 5 nitrogen and oxygen atoms in total. The van der Waals surface area contributed by atoms with E-state index in [4.69, 9.17) is 4.74 Å². The fourth-order valence-electron chi connectivity index (χ4n) is 4.42. The van der Waals surface area contributed by atoms with Crippen molar-refractivity contribution in [1.82, 2.24) is 10.2 Å². The maximum Gasteiger partial charge on any atom is 0.265 e. The number of carbonyl (C=O) groups excluding carboxylic acids is 2. The Balaban J connectivity index is 1.73. The van der Waals surface area contributed by atoms with Gasteiger partial charge in [-0.2, -0.15) is 0 Å². The molecule has 3 aromatic rings. The van der Waals surface area contributed by atoms with Gasteiger partial charge in [-0.25, -0.2) is 4.39 Å². The summed E-state index contributed by atoms with van der Waals surface area (Å²) in [6, 6.07) is 16.0. The van der Waals surface area contributed by atoms with Gasteiger partial charge in [0.05, 0.1) is 12.0 Å². The molecule has 1 heterocycles. The number of nitrogens with one attached hydrogen (secondary N) is 1. The smallest absolute Gasteiger partial charge is 0.265 e. The highest BCUT2D eigenvalue weighted by Crippen LogP contribution is 2.30. The highest BCUT2D eigenvalue weighted by atomic mass is 32.1. The minimum Gasteiger partial charge on any atom is -0.497 e. The number of rotatable bonds is 8. The van der Waals surface area contributed by atoms with Gasteiger partial charge in [0.15, 0.2) is 0 Å². The van der Waals surface area contributed by atoms with Gasteiger partial charge >= 0.3 is 0 Å². The average molecular weight is 481 g/mol. The minimum absolute atomic E-state index is 0.0372.